The van der Waals surface area contributed by atoms with Gasteiger partial charge in [-0.2, -0.15) is 15.0 Å². The van der Waals surface area contributed by atoms with Crippen molar-refractivity contribution in [2.45, 2.75) is 31.3 Å². The molecule has 0 aliphatic heterocycles. The molecule has 4 heteroatoms. The van der Waals surface area contributed by atoms with Crippen LogP contribution in [-0.4, -0.2) is 20.1 Å². The monoisotopic (exact) mass is 255 g/mol. The number of benzene rings is 1. The van der Waals surface area contributed by atoms with E-state index in [-0.39, 0.29) is 0 Å². The fourth-order valence-electron chi connectivity index (χ4n) is 3.60. The number of aliphatic hydroxyl groups is 1. The van der Waals surface area contributed by atoms with Gasteiger partial charge in [-0.15, -0.1) is 0 Å². The molecule has 0 saturated heterocycles. The first-order chi connectivity index (χ1) is 9.30. The van der Waals surface area contributed by atoms with Crippen LogP contribution in [0.5, 0.6) is 0 Å². The standard InChI is InChI=1S/C15H17N3O/c19-15(12-8-4-5-9-13(12)15)14-10-16-18(17-14)11-6-2-1-3-7-11/h1-3,6-7,10,12-13,19H,4-5,8-9H2. The summed E-state index contributed by atoms with van der Waals surface area (Å²) in [4.78, 5) is 1.61. The quantitative estimate of drug-likeness (QED) is 0.895. The van der Waals surface area contributed by atoms with E-state index < -0.39 is 5.60 Å². The number of para-hydroxylation sites is 1. The Kier molecular flexibility index (Phi) is 2.30. The number of fused-ring (bicyclic) bond motifs is 1. The van der Waals surface area contributed by atoms with Gasteiger partial charge in [0.1, 0.15) is 11.3 Å². The molecule has 2 atom stereocenters. The molecule has 0 radical (unpaired) electrons. The zero-order valence-electron chi connectivity index (χ0n) is 10.7. The van der Waals surface area contributed by atoms with Gasteiger partial charge in [-0.3, -0.25) is 0 Å². The molecule has 98 valence electrons. The molecule has 4 nitrogen and oxygen atoms in total. The van der Waals surface area contributed by atoms with Crippen LogP contribution in [0.3, 0.4) is 0 Å². The lowest BCUT2D eigenvalue weighted by molar-refractivity contribution is 0.113. The average molecular weight is 255 g/mol. The topological polar surface area (TPSA) is 50.9 Å². The van der Waals surface area contributed by atoms with Crippen molar-refractivity contribution in [1.82, 2.24) is 15.0 Å². The van der Waals surface area contributed by atoms with E-state index in [2.05, 4.69) is 10.2 Å². The van der Waals surface area contributed by atoms with Gasteiger partial charge in [-0.1, -0.05) is 31.0 Å². The highest BCUT2D eigenvalue weighted by Gasteiger charge is 2.66. The van der Waals surface area contributed by atoms with Crippen LogP contribution < -0.4 is 0 Å². The van der Waals surface area contributed by atoms with E-state index in [9.17, 15) is 5.11 Å². The third-order valence-corrected chi connectivity index (χ3v) is 4.68. The average Bonchev–Trinajstić information content (AvgIpc) is 2.88. The van der Waals surface area contributed by atoms with Gasteiger partial charge in [-0.25, -0.2) is 0 Å². The number of hydrogen-bond acceptors (Lipinski definition) is 3. The van der Waals surface area contributed by atoms with Crippen LogP contribution in [-0.2, 0) is 5.60 Å². The number of aromatic nitrogens is 3. The maximum absolute atomic E-state index is 10.8. The number of hydrogen-bond donors (Lipinski definition) is 1. The van der Waals surface area contributed by atoms with Crippen LogP contribution in [0.4, 0.5) is 0 Å². The van der Waals surface area contributed by atoms with Gasteiger partial charge in [0.25, 0.3) is 0 Å². The minimum absolute atomic E-state index is 0.405. The Bertz CT molecular complexity index is 580. The van der Waals surface area contributed by atoms with Crippen molar-refractivity contribution in [1.29, 1.82) is 0 Å². The fraction of sp³-hybridized carbons (Fsp3) is 0.467. The van der Waals surface area contributed by atoms with Gasteiger partial charge in [0.05, 0.1) is 11.9 Å². The highest BCUT2D eigenvalue weighted by Crippen LogP contribution is 2.63. The van der Waals surface area contributed by atoms with Crippen molar-refractivity contribution in [3.8, 4) is 5.69 Å². The van der Waals surface area contributed by atoms with E-state index >= 15 is 0 Å². The van der Waals surface area contributed by atoms with Gasteiger partial charge < -0.3 is 5.11 Å². The van der Waals surface area contributed by atoms with E-state index in [1.807, 2.05) is 30.3 Å². The van der Waals surface area contributed by atoms with E-state index in [1.54, 1.807) is 11.0 Å². The summed E-state index contributed by atoms with van der Waals surface area (Å²) in [6, 6.07) is 9.83. The van der Waals surface area contributed by atoms with Crippen molar-refractivity contribution >= 4 is 0 Å². The second-order valence-corrected chi connectivity index (χ2v) is 5.68. The SMILES string of the molecule is OC1(c2cnn(-c3ccccc3)n2)C2CCCCC21. The van der Waals surface area contributed by atoms with Crippen molar-refractivity contribution in [3.63, 3.8) is 0 Å². The highest BCUT2D eigenvalue weighted by molar-refractivity contribution is 5.30. The van der Waals surface area contributed by atoms with Crippen LogP contribution in [0.2, 0.25) is 0 Å². The van der Waals surface area contributed by atoms with E-state index in [0.717, 1.165) is 24.2 Å². The molecule has 1 aromatic carbocycles. The van der Waals surface area contributed by atoms with Crippen LogP contribution in [0, 0.1) is 11.8 Å². The first kappa shape index (κ1) is 11.2. The van der Waals surface area contributed by atoms with E-state index in [4.69, 9.17) is 0 Å². The lowest BCUT2D eigenvalue weighted by Gasteiger charge is -2.05. The van der Waals surface area contributed by atoms with Crippen LogP contribution in [0.25, 0.3) is 5.69 Å². The van der Waals surface area contributed by atoms with Crippen molar-refractivity contribution in [3.05, 3.63) is 42.2 Å². The third kappa shape index (κ3) is 1.56. The summed E-state index contributed by atoms with van der Waals surface area (Å²) in [5, 5.41) is 19.6. The van der Waals surface area contributed by atoms with Crippen LogP contribution in [0.1, 0.15) is 31.4 Å². The van der Waals surface area contributed by atoms with Gasteiger partial charge in [0.2, 0.25) is 0 Å². The lowest BCUT2D eigenvalue weighted by atomic mass is 10.0. The summed E-state index contributed by atoms with van der Waals surface area (Å²) in [5.74, 6) is 0.810. The van der Waals surface area contributed by atoms with Crippen molar-refractivity contribution < 1.29 is 5.11 Å². The normalized spacial score (nSPS) is 32.9. The lowest BCUT2D eigenvalue weighted by Crippen LogP contribution is -2.12. The predicted octanol–water partition coefficient (Wildman–Crippen LogP) is 2.27. The third-order valence-electron chi connectivity index (χ3n) is 4.68. The zero-order valence-corrected chi connectivity index (χ0v) is 10.7. The molecule has 2 aliphatic rings. The molecule has 19 heavy (non-hydrogen) atoms. The Morgan fingerprint density at radius 3 is 2.47 bits per heavy atom. The first-order valence-electron chi connectivity index (χ1n) is 7.01. The molecule has 4 rings (SSSR count). The molecule has 2 aromatic rings. The smallest absolute Gasteiger partial charge is 0.116 e. The summed E-state index contributed by atoms with van der Waals surface area (Å²) in [7, 11) is 0. The maximum atomic E-state index is 10.8. The molecule has 0 bridgehead atoms. The molecule has 2 aliphatic carbocycles. The van der Waals surface area contributed by atoms with Crippen LogP contribution >= 0.6 is 0 Å². The van der Waals surface area contributed by atoms with Gasteiger partial charge >= 0.3 is 0 Å². The Balaban J connectivity index is 1.66. The first-order valence-corrected chi connectivity index (χ1v) is 7.01. The Morgan fingerprint density at radius 1 is 1.11 bits per heavy atom. The fourth-order valence-corrected chi connectivity index (χ4v) is 3.60. The predicted molar refractivity (Wildman–Crippen MR) is 70.7 cm³/mol. The number of rotatable bonds is 2. The summed E-state index contributed by atoms with van der Waals surface area (Å²) in [6.45, 7) is 0. The summed E-state index contributed by atoms with van der Waals surface area (Å²) in [5.41, 5.74) is 0.970. The van der Waals surface area contributed by atoms with Gasteiger partial charge in [0.15, 0.2) is 0 Å². The molecule has 0 spiro atoms. The van der Waals surface area contributed by atoms with Crippen molar-refractivity contribution in [2.24, 2.45) is 11.8 Å². The van der Waals surface area contributed by atoms with Crippen LogP contribution in [0.15, 0.2) is 36.5 Å². The van der Waals surface area contributed by atoms with Gasteiger partial charge in [0, 0.05) is 0 Å². The summed E-state index contributed by atoms with van der Waals surface area (Å²) < 4.78 is 0. The Labute approximate surface area is 112 Å². The second-order valence-electron chi connectivity index (χ2n) is 5.68. The zero-order chi connectivity index (χ0) is 12.9. The minimum Gasteiger partial charge on any atom is -0.383 e. The maximum Gasteiger partial charge on any atom is 0.116 e. The molecule has 0 amide bonds. The molecular weight excluding hydrogens is 238 g/mol. The molecule has 2 fully saturated rings. The Hall–Kier alpha value is -1.68. The van der Waals surface area contributed by atoms with E-state index in [1.165, 1.54) is 12.8 Å². The van der Waals surface area contributed by atoms with Crippen molar-refractivity contribution in [2.75, 3.05) is 0 Å². The largest absolute Gasteiger partial charge is 0.383 e. The van der Waals surface area contributed by atoms with E-state index in [0.29, 0.717) is 11.8 Å². The number of nitrogens with zero attached hydrogens (tertiary/aromatic N) is 3. The molecule has 2 saturated carbocycles. The summed E-state index contributed by atoms with van der Waals surface area (Å²) in [6.07, 6.45) is 6.44. The molecule has 1 aromatic heterocycles. The highest BCUT2D eigenvalue weighted by atomic mass is 16.3. The summed E-state index contributed by atoms with van der Waals surface area (Å²) >= 11 is 0. The molecule has 1 N–H and O–H groups in total. The minimum atomic E-state index is -0.705. The Morgan fingerprint density at radius 2 is 1.79 bits per heavy atom. The molecular formula is C15H17N3O. The molecule has 1 heterocycles. The van der Waals surface area contributed by atoms with Gasteiger partial charge in [-0.05, 0) is 36.8 Å². The molecule has 2 unspecified atom stereocenters. The second kappa shape index (κ2) is 3.90.